The van der Waals surface area contributed by atoms with E-state index in [-0.39, 0.29) is 11.9 Å². The number of aromatic nitrogens is 2. The number of rotatable bonds is 1. The summed E-state index contributed by atoms with van der Waals surface area (Å²) in [4.78, 5) is 0. The van der Waals surface area contributed by atoms with Crippen LogP contribution in [0.4, 0.5) is 5.69 Å². The van der Waals surface area contributed by atoms with Gasteiger partial charge >= 0.3 is 0 Å². The Kier molecular flexibility index (Phi) is 3.10. The van der Waals surface area contributed by atoms with E-state index in [9.17, 15) is 5.11 Å². The fourth-order valence-electron chi connectivity index (χ4n) is 3.95. The highest BCUT2D eigenvalue weighted by atomic mass is 16.3. The van der Waals surface area contributed by atoms with Crippen LogP contribution in [0, 0.1) is 13.8 Å². The van der Waals surface area contributed by atoms with Crippen molar-refractivity contribution in [2.45, 2.75) is 20.0 Å². The average Bonchev–Trinajstić information content (AvgIpc) is 3.04. The summed E-state index contributed by atoms with van der Waals surface area (Å²) in [6.07, 6.45) is -0.265. The monoisotopic (exact) mass is 341 g/mol. The predicted octanol–water partition coefficient (Wildman–Crippen LogP) is 5.00. The summed E-state index contributed by atoms with van der Waals surface area (Å²) >= 11 is 0. The zero-order valence-corrected chi connectivity index (χ0v) is 14.7. The summed E-state index contributed by atoms with van der Waals surface area (Å²) in [5.74, 6) is 0.275. The molecule has 4 nitrogen and oxygen atoms in total. The van der Waals surface area contributed by atoms with Crippen molar-refractivity contribution in [2.24, 2.45) is 0 Å². The maximum atomic E-state index is 10.7. The van der Waals surface area contributed by atoms with Crippen LogP contribution in [0.3, 0.4) is 0 Å². The van der Waals surface area contributed by atoms with E-state index in [1.54, 1.807) is 6.07 Å². The van der Waals surface area contributed by atoms with Gasteiger partial charge in [-0.2, -0.15) is 5.10 Å². The SMILES string of the molecule is Cc1cc2n(n1)C(c1c(O)ccc3ccccc13)Nc1c(C)cccc1-2. The van der Waals surface area contributed by atoms with Gasteiger partial charge in [0.2, 0.25) is 0 Å². The van der Waals surface area contributed by atoms with E-state index in [1.807, 2.05) is 29.8 Å². The van der Waals surface area contributed by atoms with Crippen molar-refractivity contribution in [2.75, 3.05) is 5.32 Å². The molecule has 1 unspecified atom stereocenters. The van der Waals surface area contributed by atoms with Crippen molar-refractivity contribution >= 4 is 16.5 Å². The third-order valence-corrected chi connectivity index (χ3v) is 5.15. The molecule has 1 aromatic heterocycles. The number of nitrogens with zero attached hydrogens (tertiary/aromatic N) is 2. The van der Waals surface area contributed by atoms with E-state index in [4.69, 9.17) is 5.10 Å². The van der Waals surface area contributed by atoms with Gasteiger partial charge in [0, 0.05) is 16.8 Å². The van der Waals surface area contributed by atoms with E-state index in [0.717, 1.165) is 39.0 Å². The number of phenols is 1. The molecule has 4 heteroatoms. The largest absolute Gasteiger partial charge is 0.507 e. The van der Waals surface area contributed by atoms with Crippen molar-refractivity contribution in [1.82, 2.24) is 9.78 Å². The van der Waals surface area contributed by atoms with Crippen LogP contribution in [0.5, 0.6) is 5.75 Å². The molecule has 0 saturated carbocycles. The lowest BCUT2D eigenvalue weighted by Crippen LogP contribution is -2.26. The van der Waals surface area contributed by atoms with Gasteiger partial charge in [-0.1, -0.05) is 48.5 Å². The molecule has 0 amide bonds. The fraction of sp³-hybridized carbons (Fsp3) is 0.136. The molecular formula is C22H19N3O. The molecule has 0 spiro atoms. The number of aryl methyl sites for hydroxylation is 2. The van der Waals surface area contributed by atoms with Crippen molar-refractivity contribution in [3.8, 4) is 17.0 Å². The van der Waals surface area contributed by atoms with Crippen molar-refractivity contribution < 1.29 is 5.11 Å². The summed E-state index contributed by atoms with van der Waals surface area (Å²) in [5.41, 5.74) is 6.29. The Labute approximate surface area is 151 Å². The number of anilines is 1. The van der Waals surface area contributed by atoms with E-state index < -0.39 is 0 Å². The maximum absolute atomic E-state index is 10.7. The Balaban J connectivity index is 1.82. The van der Waals surface area contributed by atoms with Crippen molar-refractivity contribution in [3.63, 3.8) is 0 Å². The third kappa shape index (κ3) is 2.05. The Bertz CT molecular complexity index is 1160. The number of hydrogen-bond donors (Lipinski definition) is 2. The summed E-state index contributed by atoms with van der Waals surface area (Å²) in [6, 6.07) is 20.2. The molecule has 4 aromatic rings. The molecule has 26 heavy (non-hydrogen) atoms. The number of aromatic hydroxyl groups is 1. The number of para-hydroxylation sites is 1. The first-order valence-corrected chi connectivity index (χ1v) is 8.77. The second-order valence-corrected chi connectivity index (χ2v) is 6.88. The minimum atomic E-state index is -0.265. The second-order valence-electron chi connectivity index (χ2n) is 6.88. The molecule has 128 valence electrons. The first kappa shape index (κ1) is 15.0. The highest BCUT2D eigenvalue weighted by molar-refractivity contribution is 5.90. The lowest BCUT2D eigenvalue weighted by Gasteiger charge is -2.31. The van der Waals surface area contributed by atoms with E-state index >= 15 is 0 Å². The summed E-state index contributed by atoms with van der Waals surface area (Å²) in [5, 5.41) is 21.2. The minimum Gasteiger partial charge on any atom is -0.507 e. The lowest BCUT2D eigenvalue weighted by molar-refractivity contribution is 0.454. The van der Waals surface area contributed by atoms with Crippen LogP contribution in [0.1, 0.15) is 23.0 Å². The van der Waals surface area contributed by atoms with E-state index in [2.05, 4.69) is 48.6 Å². The van der Waals surface area contributed by atoms with E-state index in [0.29, 0.717) is 0 Å². The first-order chi connectivity index (χ1) is 12.6. The summed E-state index contributed by atoms with van der Waals surface area (Å²) < 4.78 is 1.98. The van der Waals surface area contributed by atoms with Crippen LogP contribution in [-0.4, -0.2) is 14.9 Å². The van der Waals surface area contributed by atoms with Gasteiger partial charge in [-0.3, -0.25) is 0 Å². The van der Waals surface area contributed by atoms with Crippen LogP contribution in [0.2, 0.25) is 0 Å². The molecule has 1 aliphatic rings. The topological polar surface area (TPSA) is 50.1 Å². The van der Waals surface area contributed by atoms with Crippen LogP contribution >= 0.6 is 0 Å². The molecule has 0 fully saturated rings. The predicted molar refractivity (Wildman–Crippen MR) is 105 cm³/mol. The van der Waals surface area contributed by atoms with Gasteiger partial charge in [0.25, 0.3) is 0 Å². The molecule has 5 rings (SSSR count). The minimum absolute atomic E-state index is 0.265. The second kappa shape index (κ2) is 5.36. The zero-order valence-electron chi connectivity index (χ0n) is 14.7. The molecule has 1 aliphatic heterocycles. The van der Waals surface area contributed by atoms with Gasteiger partial charge in [0.15, 0.2) is 6.17 Å². The normalized spacial score (nSPS) is 15.4. The quantitative estimate of drug-likeness (QED) is 0.512. The highest BCUT2D eigenvalue weighted by Gasteiger charge is 2.30. The Morgan fingerprint density at radius 1 is 1.00 bits per heavy atom. The Morgan fingerprint density at radius 3 is 2.73 bits per heavy atom. The molecule has 2 heterocycles. The lowest BCUT2D eigenvalue weighted by atomic mass is 9.97. The van der Waals surface area contributed by atoms with Crippen LogP contribution < -0.4 is 5.32 Å². The van der Waals surface area contributed by atoms with Crippen LogP contribution in [0.15, 0.2) is 60.7 Å². The summed E-state index contributed by atoms with van der Waals surface area (Å²) in [6.45, 7) is 4.10. The van der Waals surface area contributed by atoms with E-state index in [1.165, 1.54) is 5.56 Å². The maximum Gasteiger partial charge on any atom is 0.151 e. The zero-order chi connectivity index (χ0) is 17.8. The number of phenolic OH excluding ortho intramolecular Hbond substituents is 1. The molecule has 3 aromatic carbocycles. The van der Waals surface area contributed by atoms with Gasteiger partial charge in [0.1, 0.15) is 5.75 Å². The van der Waals surface area contributed by atoms with Gasteiger partial charge in [-0.05, 0) is 42.3 Å². The molecule has 0 bridgehead atoms. The number of nitrogens with one attached hydrogen (secondary N) is 1. The fourth-order valence-corrected chi connectivity index (χ4v) is 3.95. The first-order valence-electron chi connectivity index (χ1n) is 8.77. The van der Waals surface area contributed by atoms with Gasteiger partial charge in [-0.25, -0.2) is 4.68 Å². The summed E-state index contributed by atoms with van der Waals surface area (Å²) in [7, 11) is 0. The van der Waals surface area contributed by atoms with Gasteiger partial charge in [-0.15, -0.1) is 0 Å². The Morgan fingerprint density at radius 2 is 1.85 bits per heavy atom. The van der Waals surface area contributed by atoms with Crippen LogP contribution in [-0.2, 0) is 0 Å². The van der Waals surface area contributed by atoms with Gasteiger partial charge < -0.3 is 10.4 Å². The van der Waals surface area contributed by atoms with Crippen molar-refractivity contribution in [3.05, 3.63) is 77.5 Å². The average molecular weight is 341 g/mol. The van der Waals surface area contributed by atoms with Crippen LogP contribution in [0.25, 0.3) is 22.0 Å². The Hall–Kier alpha value is -3.27. The molecule has 2 N–H and O–H groups in total. The molecule has 0 saturated heterocycles. The molecule has 0 radical (unpaired) electrons. The van der Waals surface area contributed by atoms with Gasteiger partial charge in [0.05, 0.1) is 11.4 Å². The molecule has 1 atom stereocenters. The number of hydrogen-bond acceptors (Lipinski definition) is 3. The molecular weight excluding hydrogens is 322 g/mol. The smallest absolute Gasteiger partial charge is 0.151 e. The number of fused-ring (bicyclic) bond motifs is 4. The number of benzene rings is 3. The molecule has 0 aliphatic carbocycles. The third-order valence-electron chi connectivity index (χ3n) is 5.15. The highest BCUT2D eigenvalue weighted by Crippen LogP contribution is 2.43. The standard InChI is InChI=1S/C22H19N3O/c1-13-6-5-9-17-18-12-14(2)24-25(18)22(23-21(13)17)20-16-8-4-3-7-15(16)10-11-19(20)26/h3-12,22-23,26H,1-2H3. The van der Waals surface area contributed by atoms with Crippen molar-refractivity contribution in [1.29, 1.82) is 0 Å².